The number of nitrogens with two attached hydrogens (primary N) is 2. The van der Waals surface area contributed by atoms with Crippen LogP contribution in [0.25, 0.3) is 0 Å². The average Bonchev–Trinajstić information content (AvgIpc) is 3.38. The van der Waals surface area contributed by atoms with Crippen LogP contribution in [0.2, 0.25) is 0 Å². The lowest BCUT2D eigenvalue weighted by molar-refractivity contribution is -0.155. The number of aliphatic hydroxyl groups excluding tert-OH is 6. The largest absolute Gasteiger partial charge is 0.479 e. The Hall–Kier alpha value is -5.86. The Morgan fingerprint density at radius 3 is 1.60 bits per heavy atom. The molecule has 446 valence electrons. The van der Waals surface area contributed by atoms with E-state index in [4.69, 9.17) is 27.8 Å². The molecule has 1 heterocycles. The molecule has 1 saturated heterocycles. The first-order valence-corrected chi connectivity index (χ1v) is 26.5. The zero-order chi connectivity index (χ0) is 59.1. The number of carboxylic acids is 1. The molecule has 0 spiro atoms. The number of carbonyl (C=O) groups excluding carboxylic acids is 10. The first-order valence-electron chi connectivity index (χ1n) is 25.9. The summed E-state index contributed by atoms with van der Waals surface area (Å²) in [6.45, 7) is 0.807. The van der Waals surface area contributed by atoms with E-state index >= 15 is 0 Å². The summed E-state index contributed by atoms with van der Waals surface area (Å²) in [6.07, 6.45) is -2.51. The van der Waals surface area contributed by atoms with Crippen molar-refractivity contribution in [3.8, 4) is 0 Å². The van der Waals surface area contributed by atoms with Gasteiger partial charge in [-0.1, -0.05) is 64.7 Å². The van der Waals surface area contributed by atoms with Crippen LogP contribution in [0.4, 0.5) is 0 Å². The lowest BCUT2D eigenvalue weighted by Crippen LogP contribution is -2.65. The molecular weight excluding hydrogens is 1060 g/mol. The zero-order valence-corrected chi connectivity index (χ0v) is 45.0. The number of rotatable bonds is 25. The van der Waals surface area contributed by atoms with Crippen molar-refractivity contribution in [2.45, 2.75) is 190 Å². The predicted molar refractivity (Wildman–Crippen MR) is 275 cm³/mol. The fourth-order valence-electron chi connectivity index (χ4n) is 7.67. The highest BCUT2D eigenvalue weighted by Gasteiger charge is 2.42. The first-order chi connectivity index (χ1) is 36.9. The molecule has 1 fully saturated rings. The first kappa shape index (κ1) is 70.2. The molecule has 0 saturated carbocycles. The summed E-state index contributed by atoms with van der Waals surface area (Å²) in [5.41, 5.74) is 11.4. The maximum Gasteiger partial charge on any atom is 0.335 e. The molecule has 30 nitrogen and oxygen atoms in total. The molecule has 12 unspecified atom stereocenters. The Morgan fingerprint density at radius 1 is 0.628 bits per heavy atom. The van der Waals surface area contributed by atoms with Crippen molar-refractivity contribution in [2.24, 2.45) is 11.5 Å². The maximum atomic E-state index is 13.9. The summed E-state index contributed by atoms with van der Waals surface area (Å²) in [6, 6.07) is -15.8. The van der Waals surface area contributed by atoms with Crippen molar-refractivity contribution in [1.82, 2.24) is 47.9 Å². The van der Waals surface area contributed by atoms with E-state index < -0.39 is 182 Å². The van der Waals surface area contributed by atoms with Crippen LogP contribution in [-0.2, 0) is 57.5 Å². The van der Waals surface area contributed by atoms with Crippen LogP contribution in [0.15, 0.2) is 0 Å². The van der Waals surface area contributed by atoms with E-state index in [0.29, 0.717) is 6.42 Å². The number of alkyl halides is 1. The summed E-state index contributed by atoms with van der Waals surface area (Å²) in [4.78, 5) is 148. The number of hydrogen-bond donors (Lipinski definition) is 18. The number of esters is 1. The summed E-state index contributed by atoms with van der Waals surface area (Å²) in [5.74, 6) is -15.9. The minimum absolute atomic E-state index is 0.201. The monoisotopic (exact) mass is 1140 g/mol. The van der Waals surface area contributed by atoms with E-state index in [2.05, 4.69) is 38.8 Å². The van der Waals surface area contributed by atoms with Gasteiger partial charge in [-0.05, 0) is 52.6 Å². The third-order valence-corrected chi connectivity index (χ3v) is 12.5. The molecule has 31 heteroatoms. The summed E-state index contributed by atoms with van der Waals surface area (Å²) in [5, 5.41) is 92.0. The highest BCUT2D eigenvalue weighted by molar-refractivity contribution is 6.18. The highest BCUT2D eigenvalue weighted by Crippen LogP contribution is 2.13. The van der Waals surface area contributed by atoms with Crippen LogP contribution < -0.4 is 59.3 Å². The van der Waals surface area contributed by atoms with Crippen LogP contribution in [0.1, 0.15) is 111 Å². The number of carboxylic acid groups (broad SMARTS) is 1. The van der Waals surface area contributed by atoms with Gasteiger partial charge in [-0.2, -0.15) is 0 Å². The lowest BCUT2D eigenvalue weighted by atomic mass is 10.0. The number of aliphatic hydroxyl groups is 6. The van der Waals surface area contributed by atoms with E-state index in [1.807, 2.05) is 16.0 Å². The van der Waals surface area contributed by atoms with Gasteiger partial charge in [0, 0.05) is 6.61 Å². The number of amides is 9. The second kappa shape index (κ2) is 37.9. The van der Waals surface area contributed by atoms with Gasteiger partial charge in [0.25, 0.3) is 0 Å². The molecule has 0 aromatic heterocycles. The van der Waals surface area contributed by atoms with Crippen LogP contribution in [0, 0.1) is 0 Å². The molecule has 0 aromatic rings. The standard InChI is InChI=1S/C47H82ClN11O19/c1-4-5-6-7-8-9-10-11-12-13-26(63)20-32(65)53-30-23-78-47(77)36(31(64)21-48)58-45(74)37(38(67)46(75)76)59-44(73)35(25(3)62)57-43(72)34(24(2)61)56-41(70)28(15-18-50)55-40(69)29(16-19-60)52-33(66)22-51-39(68)27(14-17-49)54-42(30)71/h24-31,34-38,60-64,67H,4-23,49-50H2,1-3H3,(H,51,68)(H,52,66)(H,53,65)(H,54,71)(H,55,69)(H,56,70)(H,57,72)(H,58,74)(H,59,73)(H,75,76)/t24?,25?,26?,27?,28?,29?,30?,31?,34?,35?,36?,37?,38-/m0/s1. The molecule has 0 aromatic carbocycles. The van der Waals surface area contributed by atoms with Crippen LogP contribution in [0.5, 0.6) is 0 Å². The summed E-state index contributed by atoms with van der Waals surface area (Å²) < 4.78 is 5.24. The summed E-state index contributed by atoms with van der Waals surface area (Å²) in [7, 11) is 0. The fraction of sp³-hybridized carbons (Fsp3) is 0.766. The van der Waals surface area contributed by atoms with Crippen molar-refractivity contribution < 1.29 is 93.2 Å². The maximum absolute atomic E-state index is 13.9. The number of hydrogen-bond acceptors (Lipinski definition) is 20. The number of carbonyl (C=O) groups is 11. The van der Waals surface area contributed by atoms with Gasteiger partial charge in [0.05, 0.1) is 43.3 Å². The third-order valence-electron chi connectivity index (χ3n) is 12.1. The number of nitrogens with one attached hydrogen (secondary N) is 9. The topological polar surface area (TPSA) is 499 Å². The van der Waals surface area contributed by atoms with E-state index in [1.165, 1.54) is 0 Å². The van der Waals surface area contributed by atoms with Crippen molar-refractivity contribution >= 4 is 76.7 Å². The van der Waals surface area contributed by atoms with Gasteiger partial charge in [-0.15, -0.1) is 11.6 Å². The van der Waals surface area contributed by atoms with E-state index in [0.717, 1.165) is 65.2 Å². The number of aliphatic carboxylic acids is 1. The normalized spacial score (nSPS) is 25.3. The minimum atomic E-state index is -2.87. The SMILES string of the molecule is CCCCCCCCCCCC(O)CC(=O)NC1COC(=O)C(C(O)CCl)NC(=O)C([C@H](O)C(=O)O)NC(=O)C(C(C)O)NC(=O)C(C(C)O)NC(=O)C(CCN)NC(=O)C(CCO)NC(=O)CNC(=O)C(CCN)NC1=O. The minimum Gasteiger partial charge on any atom is -0.479 e. The summed E-state index contributed by atoms with van der Waals surface area (Å²) >= 11 is 5.83. The fourth-order valence-corrected chi connectivity index (χ4v) is 7.85. The van der Waals surface area contributed by atoms with Crippen molar-refractivity contribution in [2.75, 3.05) is 38.7 Å². The Morgan fingerprint density at radius 2 is 1.09 bits per heavy atom. The molecule has 20 N–H and O–H groups in total. The van der Waals surface area contributed by atoms with Gasteiger partial charge in [0.1, 0.15) is 48.9 Å². The van der Waals surface area contributed by atoms with Gasteiger partial charge < -0.3 is 99.8 Å². The van der Waals surface area contributed by atoms with Crippen LogP contribution >= 0.6 is 11.6 Å². The molecule has 0 aliphatic carbocycles. The predicted octanol–water partition coefficient (Wildman–Crippen LogP) is -6.90. The zero-order valence-electron chi connectivity index (χ0n) is 44.2. The van der Waals surface area contributed by atoms with E-state index in [9.17, 15) is 88.5 Å². The van der Waals surface area contributed by atoms with Gasteiger partial charge in [-0.25, -0.2) is 9.59 Å². The van der Waals surface area contributed by atoms with Crippen LogP contribution in [-0.4, -0.2) is 218 Å². The number of unbranched alkanes of at least 4 members (excludes halogenated alkanes) is 8. The van der Waals surface area contributed by atoms with E-state index in [1.54, 1.807) is 0 Å². The van der Waals surface area contributed by atoms with Crippen molar-refractivity contribution in [1.29, 1.82) is 0 Å². The van der Waals surface area contributed by atoms with Crippen molar-refractivity contribution in [3.05, 3.63) is 0 Å². The number of ether oxygens (including phenoxy) is 1. The second-order valence-electron chi connectivity index (χ2n) is 18.8. The smallest absolute Gasteiger partial charge is 0.335 e. The molecule has 0 radical (unpaired) electrons. The number of cyclic esters (lactones) is 1. The molecule has 1 aliphatic heterocycles. The molecule has 9 amide bonds. The average molecular weight is 1140 g/mol. The number of halogens is 1. The molecule has 78 heavy (non-hydrogen) atoms. The van der Waals surface area contributed by atoms with Gasteiger partial charge in [-0.3, -0.25) is 43.2 Å². The van der Waals surface area contributed by atoms with E-state index in [-0.39, 0.29) is 32.4 Å². The van der Waals surface area contributed by atoms with Crippen LogP contribution in [0.3, 0.4) is 0 Å². The quantitative estimate of drug-likeness (QED) is 0.0229. The lowest BCUT2D eigenvalue weighted by Gasteiger charge is -2.30. The highest BCUT2D eigenvalue weighted by atomic mass is 35.5. The Balaban J connectivity index is 3.82. The van der Waals surface area contributed by atoms with Gasteiger partial charge in [0.2, 0.25) is 53.2 Å². The molecule has 13 atom stereocenters. The molecule has 1 rings (SSSR count). The third kappa shape index (κ3) is 25.7. The Bertz CT molecular complexity index is 1970. The molecular formula is C47H82ClN11O19. The molecule has 1 aliphatic rings. The molecule has 0 bridgehead atoms. The van der Waals surface area contributed by atoms with Gasteiger partial charge >= 0.3 is 11.9 Å². The second-order valence-corrected chi connectivity index (χ2v) is 19.1. The Kier molecular flexibility index (Phi) is 34.1. The van der Waals surface area contributed by atoms with Gasteiger partial charge in [0.15, 0.2) is 12.1 Å². The van der Waals surface area contributed by atoms with Crippen molar-refractivity contribution in [3.63, 3.8) is 0 Å². The Labute approximate surface area is 456 Å².